The Morgan fingerprint density at radius 3 is 2.40 bits per heavy atom. The van der Waals surface area contributed by atoms with Gasteiger partial charge in [0.05, 0.1) is 11.3 Å². The molecule has 0 radical (unpaired) electrons. The van der Waals surface area contributed by atoms with E-state index in [-0.39, 0.29) is 23.2 Å². The van der Waals surface area contributed by atoms with Gasteiger partial charge in [-0.05, 0) is 31.0 Å². The number of carboxylic acids is 1. The first-order valence-corrected chi connectivity index (χ1v) is 6.30. The molecule has 0 spiro atoms. The van der Waals surface area contributed by atoms with Gasteiger partial charge in [-0.3, -0.25) is 0 Å². The molecule has 0 saturated heterocycles. The molecule has 0 aromatic heterocycles. The van der Waals surface area contributed by atoms with Crippen molar-refractivity contribution in [3.63, 3.8) is 0 Å². The van der Waals surface area contributed by atoms with Crippen LogP contribution in [0.2, 0.25) is 0 Å². The van der Waals surface area contributed by atoms with E-state index in [2.05, 4.69) is 5.32 Å². The fourth-order valence-corrected chi connectivity index (χ4v) is 1.59. The number of nitrogens with one attached hydrogen (secondary N) is 1. The number of hydrogen-bond donors (Lipinski definition) is 2. The van der Waals surface area contributed by atoms with E-state index in [1.807, 2.05) is 20.8 Å². The number of anilines is 1. The van der Waals surface area contributed by atoms with Crippen LogP contribution in [0.25, 0.3) is 0 Å². The largest absolute Gasteiger partial charge is 0.478 e. The SMILES string of the molecule is CC(C)C(C)N(C)C(=O)Nc1cc(C(=O)O)ccc1F. The first kappa shape index (κ1) is 15.9. The summed E-state index contributed by atoms with van der Waals surface area (Å²) in [5, 5.41) is 11.2. The number of aromatic carboxylic acids is 1. The fraction of sp³-hybridized carbons (Fsp3) is 0.429. The number of amides is 2. The van der Waals surface area contributed by atoms with Gasteiger partial charge in [-0.15, -0.1) is 0 Å². The second-order valence-corrected chi connectivity index (χ2v) is 5.03. The molecule has 0 saturated carbocycles. The van der Waals surface area contributed by atoms with E-state index < -0.39 is 17.8 Å². The number of carbonyl (C=O) groups is 2. The highest BCUT2D eigenvalue weighted by Gasteiger charge is 2.20. The van der Waals surface area contributed by atoms with Crippen LogP contribution >= 0.6 is 0 Å². The highest BCUT2D eigenvalue weighted by Crippen LogP contribution is 2.18. The molecule has 110 valence electrons. The van der Waals surface area contributed by atoms with Crippen LogP contribution < -0.4 is 5.32 Å². The van der Waals surface area contributed by atoms with Crippen molar-refractivity contribution >= 4 is 17.7 Å². The van der Waals surface area contributed by atoms with Gasteiger partial charge in [0, 0.05) is 13.1 Å². The topological polar surface area (TPSA) is 69.6 Å². The summed E-state index contributed by atoms with van der Waals surface area (Å²) in [6, 6.07) is 2.76. The molecule has 1 atom stereocenters. The number of nitrogens with zero attached hydrogens (tertiary/aromatic N) is 1. The van der Waals surface area contributed by atoms with Crippen LogP contribution in [0.5, 0.6) is 0 Å². The molecule has 20 heavy (non-hydrogen) atoms. The predicted molar refractivity (Wildman–Crippen MR) is 74.4 cm³/mol. The number of carboxylic acid groups (broad SMARTS) is 1. The number of rotatable bonds is 4. The monoisotopic (exact) mass is 282 g/mol. The first-order valence-electron chi connectivity index (χ1n) is 6.30. The second-order valence-electron chi connectivity index (χ2n) is 5.03. The smallest absolute Gasteiger partial charge is 0.335 e. The van der Waals surface area contributed by atoms with E-state index in [0.717, 1.165) is 18.2 Å². The van der Waals surface area contributed by atoms with Crippen molar-refractivity contribution in [2.24, 2.45) is 5.92 Å². The molecule has 2 N–H and O–H groups in total. The summed E-state index contributed by atoms with van der Waals surface area (Å²) in [5.74, 6) is -1.60. The molecule has 1 unspecified atom stereocenters. The molecule has 1 rings (SSSR count). The molecular weight excluding hydrogens is 263 g/mol. The summed E-state index contributed by atoms with van der Waals surface area (Å²) in [6.45, 7) is 5.83. The Balaban J connectivity index is 2.90. The third kappa shape index (κ3) is 3.69. The zero-order valence-electron chi connectivity index (χ0n) is 12.0. The molecule has 6 heteroatoms. The lowest BCUT2D eigenvalue weighted by Crippen LogP contribution is -2.41. The van der Waals surface area contributed by atoms with Crippen molar-refractivity contribution in [2.45, 2.75) is 26.8 Å². The third-order valence-corrected chi connectivity index (χ3v) is 3.35. The van der Waals surface area contributed by atoms with Crippen LogP contribution in [0.4, 0.5) is 14.9 Å². The minimum absolute atomic E-state index is 0.0271. The minimum Gasteiger partial charge on any atom is -0.478 e. The summed E-state index contributed by atoms with van der Waals surface area (Å²) in [7, 11) is 1.61. The van der Waals surface area contributed by atoms with Crippen LogP contribution in [-0.2, 0) is 0 Å². The van der Waals surface area contributed by atoms with Gasteiger partial charge in [0.15, 0.2) is 0 Å². The molecule has 0 bridgehead atoms. The molecule has 2 amide bonds. The standard InChI is InChI=1S/C14H19FN2O3/c1-8(2)9(3)17(4)14(20)16-12-7-10(13(18)19)5-6-11(12)15/h5-9H,1-4H3,(H,16,20)(H,18,19). The Bertz CT molecular complexity index is 517. The number of halogens is 1. The zero-order chi connectivity index (χ0) is 15.4. The van der Waals surface area contributed by atoms with Gasteiger partial charge in [0.2, 0.25) is 0 Å². The van der Waals surface area contributed by atoms with E-state index in [9.17, 15) is 14.0 Å². The van der Waals surface area contributed by atoms with E-state index in [1.54, 1.807) is 7.05 Å². The molecule has 5 nitrogen and oxygen atoms in total. The van der Waals surface area contributed by atoms with E-state index in [0.29, 0.717) is 0 Å². The van der Waals surface area contributed by atoms with Crippen molar-refractivity contribution in [2.75, 3.05) is 12.4 Å². The highest BCUT2D eigenvalue weighted by atomic mass is 19.1. The molecule has 0 aliphatic heterocycles. The van der Waals surface area contributed by atoms with Crippen LogP contribution in [0.1, 0.15) is 31.1 Å². The molecule has 0 fully saturated rings. The average molecular weight is 282 g/mol. The highest BCUT2D eigenvalue weighted by molar-refractivity contribution is 5.93. The summed E-state index contributed by atoms with van der Waals surface area (Å²) < 4.78 is 13.6. The summed E-state index contributed by atoms with van der Waals surface area (Å²) >= 11 is 0. The van der Waals surface area contributed by atoms with Gasteiger partial charge in [-0.1, -0.05) is 13.8 Å². The maximum atomic E-state index is 13.6. The minimum atomic E-state index is -1.18. The van der Waals surface area contributed by atoms with Crippen LogP contribution in [-0.4, -0.2) is 35.1 Å². The lowest BCUT2D eigenvalue weighted by molar-refractivity contribution is 0.0697. The lowest BCUT2D eigenvalue weighted by Gasteiger charge is -2.28. The first-order chi connectivity index (χ1) is 9.23. The van der Waals surface area contributed by atoms with Gasteiger partial charge in [-0.2, -0.15) is 0 Å². The molecule has 1 aromatic rings. The van der Waals surface area contributed by atoms with Gasteiger partial charge in [0.1, 0.15) is 5.82 Å². The Labute approximate surface area is 117 Å². The molecule has 0 heterocycles. The lowest BCUT2D eigenvalue weighted by atomic mass is 10.1. The quantitative estimate of drug-likeness (QED) is 0.891. The third-order valence-electron chi connectivity index (χ3n) is 3.35. The van der Waals surface area contributed by atoms with Crippen LogP contribution in [0.15, 0.2) is 18.2 Å². The van der Waals surface area contributed by atoms with Crippen molar-refractivity contribution in [1.82, 2.24) is 4.90 Å². The van der Waals surface area contributed by atoms with E-state index >= 15 is 0 Å². The van der Waals surface area contributed by atoms with E-state index in [4.69, 9.17) is 5.11 Å². The number of benzene rings is 1. The number of hydrogen-bond acceptors (Lipinski definition) is 2. The summed E-state index contributed by atoms with van der Waals surface area (Å²) in [6.07, 6.45) is 0. The molecule has 0 aliphatic rings. The normalized spacial score (nSPS) is 12.1. The van der Waals surface area contributed by atoms with Crippen molar-refractivity contribution in [1.29, 1.82) is 0 Å². The summed E-state index contributed by atoms with van der Waals surface area (Å²) in [4.78, 5) is 24.3. The van der Waals surface area contributed by atoms with Crippen molar-refractivity contribution < 1.29 is 19.1 Å². The van der Waals surface area contributed by atoms with Crippen molar-refractivity contribution in [3.05, 3.63) is 29.6 Å². The van der Waals surface area contributed by atoms with Gasteiger partial charge < -0.3 is 15.3 Å². The number of carbonyl (C=O) groups excluding carboxylic acids is 1. The number of urea groups is 1. The van der Waals surface area contributed by atoms with Crippen molar-refractivity contribution in [3.8, 4) is 0 Å². The van der Waals surface area contributed by atoms with E-state index in [1.165, 1.54) is 4.90 Å². The van der Waals surface area contributed by atoms with Gasteiger partial charge in [0.25, 0.3) is 0 Å². The Hall–Kier alpha value is -2.11. The van der Waals surface area contributed by atoms with Crippen LogP contribution in [0, 0.1) is 11.7 Å². The molecular formula is C14H19FN2O3. The summed E-state index contributed by atoms with van der Waals surface area (Å²) in [5.41, 5.74) is -0.223. The maximum Gasteiger partial charge on any atom is 0.335 e. The Kier molecular flexibility index (Phi) is 5.07. The predicted octanol–water partition coefficient (Wildman–Crippen LogP) is 3.03. The zero-order valence-corrected chi connectivity index (χ0v) is 12.0. The van der Waals surface area contributed by atoms with Gasteiger partial charge in [-0.25, -0.2) is 14.0 Å². The average Bonchev–Trinajstić information content (AvgIpc) is 2.38. The Morgan fingerprint density at radius 1 is 1.30 bits per heavy atom. The maximum absolute atomic E-state index is 13.6. The Morgan fingerprint density at radius 2 is 1.90 bits per heavy atom. The molecule has 0 aliphatic carbocycles. The molecule has 1 aromatic carbocycles. The van der Waals surface area contributed by atoms with Crippen LogP contribution in [0.3, 0.4) is 0 Å². The fourth-order valence-electron chi connectivity index (χ4n) is 1.59. The second kappa shape index (κ2) is 6.36. The van der Waals surface area contributed by atoms with Gasteiger partial charge >= 0.3 is 12.0 Å².